The van der Waals surface area contributed by atoms with Gasteiger partial charge in [0.05, 0.1) is 0 Å². The topological polar surface area (TPSA) is 26.3 Å². The molecule has 2 heteroatoms. The Morgan fingerprint density at radius 2 is 0.586 bits per heavy atom. The molecule has 0 fully saturated rings. The molecule has 58 heavy (non-hydrogen) atoms. The summed E-state index contributed by atoms with van der Waals surface area (Å²) < 4.78 is 12.6. The molecule has 0 bridgehead atoms. The number of hydrogen-bond donors (Lipinski definition) is 0. The Bertz CT molecular complexity index is 3350. The van der Waals surface area contributed by atoms with Crippen molar-refractivity contribution in [3.05, 3.63) is 206 Å². The van der Waals surface area contributed by atoms with Crippen LogP contribution >= 0.6 is 0 Å². The summed E-state index contributed by atoms with van der Waals surface area (Å²) in [4.78, 5) is 0. The van der Waals surface area contributed by atoms with E-state index in [0.29, 0.717) is 0 Å². The Hall–Kier alpha value is -7.68. The lowest BCUT2D eigenvalue weighted by Gasteiger charge is -2.18. The quantitative estimate of drug-likeness (QED) is 0.164. The van der Waals surface area contributed by atoms with Gasteiger partial charge in [0.1, 0.15) is 22.3 Å². The molecule has 0 radical (unpaired) electrons. The van der Waals surface area contributed by atoms with Crippen molar-refractivity contribution in [1.82, 2.24) is 0 Å². The lowest BCUT2D eigenvalue weighted by Crippen LogP contribution is -1.91. The minimum Gasteiger partial charge on any atom is -0.456 e. The lowest BCUT2D eigenvalue weighted by atomic mass is 9.85. The highest BCUT2D eigenvalue weighted by molar-refractivity contribution is 6.20. The normalized spacial score (nSPS) is 11.8. The second kappa shape index (κ2) is 12.9. The Balaban J connectivity index is 1.08. The number of rotatable bonds is 5. The van der Waals surface area contributed by atoms with Crippen molar-refractivity contribution in [3.63, 3.8) is 0 Å². The van der Waals surface area contributed by atoms with Gasteiger partial charge in [-0.25, -0.2) is 0 Å². The average Bonchev–Trinajstić information content (AvgIpc) is 3.87. The van der Waals surface area contributed by atoms with Crippen molar-refractivity contribution >= 4 is 65.4 Å². The monoisotopic (exact) mass is 738 g/mol. The van der Waals surface area contributed by atoms with Crippen molar-refractivity contribution in [1.29, 1.82) is 0 Å². The maximum atomic E-state index is 6.29. The second-order valence-electron chi connectivity index (χ2n) is 15.1. The number of para-hydroxylation sites is 2. The molecule has 0 amide bonds. The molecule has 0 saturated carbocycles. The van der Waals surface area contributed by atoms with E-state index in [1.54, 1.807) is 0 Å². The van der Waals surface area contributed by atoms with E-state index in [9.17, 15) is 0 Å². The molecule has 2 heterocycles. The predicted octanol–water partition coefficient (Wildman–Crippen LogP) is 16.1. The van der Waals surface area contributed by atoms with Crippen molar-refractivity contribution in [2.24, 2.45) is 0 Å². The molecule has 12 rings (SSSR count). The van der Waals surface area contributed by atoms with Crippen LogP contribution in [0.5, 0.6) is 0 Å². The van der Waals surface area contributed by atoms with Crippen molar-refractivity contribution in [3.8, 4) is 55.6 Å². The van der Waals surface area contributed by atoms with Crippen molar-refractivity contribution in [2.75, 3.05) is 0 Å². The Morgan fingerprint density at radius 3 is 1.10 bits per heavy atom. The molecule has 0 aliphatic rings. The third-order valence-corrected chi connectivity index (χ3v) is 11.9. The van der Waals surface area contributed by atoms with Gasteiger partial charge in [-0.15, -0.1) is 0 Å². The molecule has 0 unspecified atom stereocenters. The molecule has 0 N–H and O–H groups in total. The van der Waals surface area contributed by atoms with E-state index < -0.39 is 0 Å². The first-order chi connectivity index (χ1) is 28.8. The van der Waals surface area contributed by atoms with Crippen LogP contribution in [0.3, 0.4) is 0 Å². The Kier molecular flexibility index (Phi) is 7.26. The van der Waals surface area contributed by atoms with Crippen molar-refractivity contribution in [2.45, 2.75) is 0 Å². The van der Waals surface area contributed by atoms with E-state index in [4.69, 9.17) is 8.83 Å². The molecule has 0 atom stereocenters. The van der Waals surface area contributed by atoms with E-state index >= 15 is 0 Å². The zero-order valence-corrected chi connectivity index (χ0v) is 31.4. The summed E-state index contributed by atoms with van der Waals surface area (Å²) in [5.41, 5.74) is 15.5. The third kappa shape index (κ3) is 5.05. The highest BCUT2D eigenvalue weighted by atomic mass is 16.3. The molecular weight excluding hydrogens is 705 g/mol. The Morgan fingerprint density at radius 1 is 0.224 bits per heavy atom. The molecule has 2 nitrogen and oxygen atoms in total. The van der Waals surface area contributed by atoms with Gasteiger partial charge in [0.2, 0.25) is 0 Å². The van der Waals surface area contributed by atoms with Crippen LogP contribution in [0.2, 0.25) is 0 Å². The minimum absolute atomic E-state index is 0.902. The van der Waals surface area contributed by atoms with Gasteiger partial charge < -0.3 is 8.83 Å². The van der Waals surface area contributed by atoms with Crippen LogP contribution in [0.15, 0.2) is 215 Å². The van der Waals surface area contributed by atoms with Crippen LogP contribution in [0.25, 0.3) is 121 Å². The zero-order chi connectivity index (χ0) is 38.2. The molecule has 12 aromatic rings. The van der Waals surface area contributed by atoms with Crippen LogP contribution in [0.1, 0.15) is 0 Å². The first-order valence-corrected chi connectivity index (χ1v) is 19.8. The fourth-order valence-electron chi connectivity index (χ4n) is 9.33. The van der Waals surface area contributed by atoms with Crippen LogP contribution in [-0.4, -0.2) is 0 Å². The summed E-state index contributed by atoms with van der Waals surface area (Å²) in [5, 5.41) is 9.46. The lowest BCUT2D eigenvalue weighted by molar-refractivity contribution is 0.668. The molecule has 10 aromatic carbocycles. The van der Waals surface area contributed by atoms with Gasteiger partial charge in [-0.1, -0.05) is 164 Å². The third-order valence-electron chi connectivity index (χ3n) is 11.9. The van der Waals surface area contributed by atoms with Crippen LogP contribution in [0, 0.1) is 0 Å². The summed E-state index contributed by atoms with van der Waals surface area (Å²) in [6.45, 7) is 0. The van der Waals surface area contributed by atoms with Crippen LogP contribution < -0.4 is 0 Å². The molecule has 270 valence electrons. The molecule has 2 aromatic heterocycles. The van der Waals surface area contributed by atoms with E-state index in [1.807, 2.05) is 24.3 Å². The number of hydrogen-bond acceptors (Lipinski definition) is 2. The van der Waals surface area contributed by atoms with Gasteiger partial charge in [0.15, 0.2) is 0 Å². The molecule has 0 aliphatic carbocycles. The number of benzene rings is 10. The van der Waals surface area contributed by atoms with Gasteiger partial charge in [0.25, 0.3) is 0 Å². The van der Waals surface area contributed by atoms with E-state index in [0.717, 1.165) is 55.0 Å². The maximum Gasteiger partial charge on any atom is 0.136 e. The summed E-state index contributed by atoms with van der Waals surface area (Å²) >= 11 is 0. The molecule has 0 aliphatic heterocycles. The fraction of sp³-hybridized carbons (Fsp3) is 0. The summed E-state index contributed by atoms with van der Waals surface area (Å²) in [6.07, 6.45) is 0. The fourth-order valence-corrected chi connectivity index (χ4v) is 9.33. The van der Waals surface area contributed by atoms with Gasteiger partial charge in [0, 0.05) is 21.5 Å². The van der Waals surface area contributed by atoms with Gasteiger partial charge >= 0.3 is 0 Å². The van der Waals surface area contributed by atoms with Gasteiger partial charge in [-0.2, -0.15) is 0 Å². The summed E-state index contributed by atoms with van der Waals surface area (Å²) in [5.74, 6) is 0. The summed E-state index contributed by atoms with van der Waals surface area (Å²) in [7, 11) is 0. The van der Waals surface area contributed by atoms with E-state index in [-0.39, 0.29) is 0 Å². The van der Waals surface area contributed by atoms with Crippen molar-refractivity contribution < 1.29 is 8.83 Å². The molecular formula is C56H34O2. The average molecular weight is 739 g/mol. The first-order valence-electron chi connectivity index (χ1n) is 19.8. The van der Waals surface area contributed by atoms with Crippen LogP contribution in [-0.2, 0) is 0 Å². The number of furan rings is 2. The Labute approximate surface area is 334 Å². The standard InChI is InChI=1S/C56H34O2/c1-2-14-35(15-3-1)54-44-26-10-22-40(36-16-8-18-38(32-36)42-24-12-30-52-55(42)46-20-4-6-28-50(46)57-52)48(44)34-49-41(23-11-27-45(49)54)37-17-9-19-39(33-37)43-25-13-31-53-56(43)47-21-5-7-29-51(47)58-53/h1-34H. The summed E-state index contributed by atoms with van der Waals surface area (Å²) in [6, 6.07) is 74.2. The number of fused-ring (bicyclic) bond motifs is 8. The van der Waals surface area contributed by atoms with Crippen LogP contribution in [0.4, 0.5) is 0 Å². The molecule has 0 spiro atoms. The van der Waals surface area contributed by atoms with E-state index in [2.05, 4.69) is 182 Å². The molecule has 0 saturated heterocycles. The predicted molar refractivity (Wildman–Crippen MR) is 243 cm³/mol. The highest BCUT2D eigenvalue weighted by Crippen LogP contribution is 2.45. The second-order valence-corrected chi connectivity index (χ2v) is 15.1. The smallest absolute Gasteiger partial charge is 0.136 e. The zero-order valence-electron chi connectivity index (χ0n) is 31.4. The minimum atomic E-state index is 0.902. The SMILES string of the molecule is c1ccc(-c2c3cccc(-c4cccc(-c5cccc6oc7ccccc7c56)c4)c3cc3c(-c4cccc(-c5cccc6oc7ccccc7c56)c4)cccc23)cc1. The van der Waals surface area contributed by atoms with Gasteiger partial charge in [-0.3, -0.25) is 0 Å². The maximum absolute atomic E-state index is 6.29. The highest BCUT2D eigenvalue weighted by Gasteiger charge is 2.19. The van der Waals surface area contributed by atoms with E-state index in [1.165, 1.54) is 66.1 Å². The first kappa shape index (κ1) is 32.6. The van der Waals surface area contributed by atoms with Gasteiger partial charge in [-0.05, 0) is 120 Å². The largest absolute Gasteiger partial charge is 0.456 e.